The van der Waals surface area contributed by atoms with Crippen molar-refractivity contribution in [3.8, 4) is 0 Å². The number of nitrogens with one attached hydrogen (secondary N) is 1. The molecule has 1 aromatic rings. The molecule has 3 rings (SSSR count). The summed E-state index contributed by atoms with van der Waals surface area (Å²) in [7, 11) is 0. The molecule has 19 heavy (non-hydrogen) atoms. The fraction of sp³-hybridized carbons (Fsp3) is 0.600. The summed E-state index contributed by atoms with van der Waals surface area (Å²) in [6.45, 7) is 3.61. The van der Waals surface area contributed by atoms with Crippen molar-refractivity contribution >= 4 is 21.6 Å². The molecular weight excluding hydrogens is 306 g/mol. The van der Waals surface area contributed by atoms with Crippen LogP contribution in [0.2, 0.25) is 0 Å². The zero-order valence-corrected chi connectivity index (χ0v) is 12.8. The first-order valence-electron chi connectivity index (χ1n) is 6.97. The van der Waals surface area contributed by atoms with Crippen LogP contribution >= 0.6 is 15.9 Å². The lowest BCUT2D eigenvalue weighted by Gasteiger charge is -2.36. The number of benzene rings is 1. The van der Waals surface area contributed by atoms with Gasteiger partial charge >= 0.3 is 0 Å². The number of hydrogen-bond acceptors (Lipinski definition) is 3. The molecule has 0 bridgehead atoms. The minimum Gasteiger partial charge on any atom is -0.381 e. The molecule has 4 heteroatoms. The third-order valence-electron chi connectivity index (χ3n) is 4.05. The van der Waals surface area contributed by atoms with Gasteiger partial charge in [-0.05, 0) is 53.4 Å². The molecule has 1 aromatic carbocycles. The van der Waals surface area contributed by atoms with E-state index >= 15 is 0 Å². The summed E-state index contributed by atoms with van der Waals surface area (Å²) in [6.07, 6.45) is 4.18. The highest BCUT2D eigenvalue weighted by atomic mass is 79.9. The molecule has 1 aliphatic heterocycles. The fourth-order valence-corrected chi connectivity index (χ4v) is 3.55. The van der Waals surface area contributed by atoms with Crippen LogP contribution in [-0.2, 0) is 9.47 Å². The van der Waals surface area contributed by atoms with Crippen LogP contribution in [0.5, 0.6) is 0 Å². The van der Waals surface area contributed by atoms with E-state index in [4.69, 9.17) is 9.47 Å². The molecule has 0 radical (unpaired) electrons. The van der Waals surface area contributed by atoms with E-state index in [1.165, 1.54) is 11.3 Å². The van der Waals surface area contributed by atoms with Crippen molar-refractivity contribution in [1.29, 1.82) is 0 Å². The molecule has 0 unspecified atom stereocenters. The van der Waals surface area contributed by atoms with Gasteiger partial charge in [-0.3, -0.25) is 0 Å². The first-order valence-corrected chi connectivity index (χ1v) is 7.77. The van der Waals surface area contributed by atoms with Crippen LogP contribution in [0, 0.1) is 6.92 Å². The zero-order chi connectivity index (χ0) is 13.3. The average Bonchev–Trinajstić information content (AvgIpc) is 2.84. The van der Waals surface area contributed by atoms with Gasteiger partial charge in [0.15, 0.2) is 5.79 Å². The molecule has 1 N–H and O–H groups in total. The first kappa shape index (κ1) is 13.4. The minimum absolute atomic E-state index is 0.261. The van der Waals surface area contributed by atoms with Crippen LogP contribution in [0.3, 0.4) is 0 Å². The van der Waals surface area contributed by atoms with Crippen molar-refractivity contribution in [2.24, 2.45) is 0 Å². The summed E-state index contributed by atoms with van der Waals surface area (Å²) >= 11 is 3.62. The average molecular weight is 326 g/mol. The lowest BCUT2D eigenvalue weighted by molar-refractivity contribution is -0.177. The van der Waals surface area contributed by atoms with Crippen molar-refractivity contribution < 1.29 is 9.47 Å². The zero-order valence-electron chi connectivity index (χ0n) is 11.2. The van der Waals surface area contributed by atoms with Gasteiger partial charge in [-0.25, -0.2) is 0 Å². The Morgan fingerprint density at radius 3 is 2.53 bits per heavy atom. The molecular formula is C15H20BrNO2. The molecule has 0 aromatic heterocycles. The predicted molar refractivity (Wildman–Crippen MR) is 79.4 cm³/mol. The minimum atomic E-state index is -0.261. The third kappa shape index (κ3) is 2.96. The number of hydrogen-bond donors (Lipinski definition) is 1. The molecule has 0 amide bonds. The van der Waals surface area contributed by atoms with E-state index in [-0.39, 0.29) is 5.79 Å². The second-order valence-corrected chi connectivity index (χ2v) is 6.36. The Kier molecular flexibility index (Phi) is 3.83. The van der Waals surface area contributed by atoms with E-state index in [0.717, 1.165) is 43.4 Å². The van der Waals surface area contributed by atoms with Gasteiger partial charge < -0.3 is 14.8 Å². The smallest absolute Gasteiger partial charge is 0.168 e. The molecule has 2 fully saturated rings. The van der Waals surface area contributed by atoms with Gasteiger partial charge in [0.1, 0.15) is 0 Å². The van der Waals surface area contributed by atoms with Crippen LogP contribution < -0.4 is 5.32 Å². The van der Waals surface area contributed by atoms with Crippen molar-refractivity contribution in [2.75, 3.05) is 18.5 Å². The van der Waals surface area contributed by atoms with E-state index in [9.17, 15) is 0 Å². The maximum Gasteiger partial charge on any atom is 0.168 e. The maximum absolute atomic E-state index is 5.76. The first-order chi connectivity index (χ1) is 9.17. The summed E-state index contributed by atoms with van der Waals surface area (Å²) < 4.78 is 12.7. The number of aryl methyl sites for hydroxylation is 1. The Hall–Kier alpha value is -0.580. The normalized spacial score (nSPS) is 22.8. The van der Waals surface area contributed by atoms with Gasteiger partial charge in [0.2, 0.25) is 0 Å². The monoisotopic (exact) mass is 325 g/mol. The van der Waals surface area contributed by atoms with Gasteiger partial charge in [0, 0.05) is 29.0 Å². The highest BCUT2D eigenvalue weighted by Crippen LogP contribution is 2.37. The topological polar surface area (TPSA) is 30.5 Å². The summed E-state index contributed by atoms with van der Waals surface area (Å²) in [4.78, 5) is 0. The number of ether oxygens (including phenoxy) is 2. The summed E-state index contributed by atoms with van der Waals surface area (Å²) in [5, 5.41) is 3.62. The number of rotatable bonds is 2. The lowest BCUT2D eigenvalue weighted by atomic mass is 9.90. The van der Waals surface area contributed by atoms with Gasteiger partial charge in [0.05, 0.1) is 13.2 Å². The largest absolute Gasteiger partial charge is 0.381 e. The summed E-state index contributed by atoms with van der Waals surface area (Å²) in [5.41, 5.74) is 2.45. The summed E-state index contributed by atoms with van der Waals surface area (Å²) in [6, 6.07) is 6.94. The molecule has 0 atom stereocenters. The molecule has 1 heterocycles. The van der Waals surface area contributed by atoms with Crippen molar-refractivity contribution in [3.63, 3.8) is 0 Å². The molecule has 104 valence electrons. The quantitative estimate of drug-likeness (QED) is 0.895. The van der Waals surface area contributed by atoms with Crippen molar-refractivity contribution in [2.45, 2.75) is 44.4 Å². The predicted octanol–water partition coefficient (Wildman–Crippen LogP) is 3.86. The van der Waals surface area contributed by atoms with Crippen LogP contribution in [0.15, 0.2) is 22.7 Å². The van der Waals surface area contributed by atoms with Gasteiger partial charge in [-0.1, -0.05) is 6.07 Å². The highest BCUT2D eigenvalue weighted by Gasteiger charge is 2.40. The Morgan fingerprint density at radius 2 is 1.89 bits per heavy atom. The maximum atomic E-state index is 5.76. The van der Waals surface area contributed by atoms with E-state index in [2.05, 4.69) is 46.4 Å². The fourth-order valence-electron chi connectivity index (χ4n) is 2.94. The standard InChI is InChI=1S/C15H20BrNO2/c1-11-2-3-14(13(16)10-11)17-12-4-6-15(7-5-12)18-8-9-19-15/h2-3,10,12,17H,4-9H2,1H3. The van der Waals surface area contributed by atoms with E-state index in [0.29, 0.717) is 6.04 Å². The van der Waals surface area contributed by atoms with Crippen molar-refractivity contribution in [1.82, 2.24) is 0 Å². The molecule has 2 aliphatic rings. The second kappa shape index (κ2) is 5.43. The van der Waals surface area contributed by atoms with Crippen LogP contribution in [-0.4, -0.2) is 25.0 Å². The van der Waals surface area contributed by atoms with E-state index in [1.807, 2.05) is 0 Å². The number of halogens is 1. The third-order valence-corrected chi connectivity index (χ3v) is 4.70. The van der Waals surface area contributed by atoms with Gasteiger partial charge in [0.25, 0.3) is 0 Å². The van der Waals surface area contributed by atoms with Gasteiger partial charge in [-0.15, -0.1) is 0 Å². The summed E-state index contributed by atoms with van der Waals surface area (Å²) in [5.74, 6) is -0.261. The Balaban J connectivity index is 1.60. The molecule has 3 nitrogen and oxygen atoms in total. The molecule has 1 saturated heterocycles. The lowest BCUT2D eigenvalue weighted by Crippen LogP contribution is -2.39. The molecule has 1 spiro atoms. The molecule has 1 saturated carbocycles. The van der Waals surface area contributed by atoms with Crippen LogP contribution in [0.4, 0.5) is 5.69 Å². The SMILES string of the molecule is Cc1ccc(NC2CCC3(CC2)OCCO3)c(Br)c1. The van der Waals surface area contributed by atoms with E-state index < -0.39 is 0 Å². The molecule has 1 aliphatic carbocycles. The van der Waals surface area contributed by atoms with E-state index in [1.54, 1.807) is 0 Å². The Bertz CT molecular complexity index is 447. The second-order valence-electron chi connectivity index (χ2n) is 5.51. The van der Waals surface area contributed by atoms with Crippen LogP contribution in [0.25, 0.3) is 0 Å². The number of anilines is 1. The Labute approximate surface area is 122 Å². The Morgan fingerprint density at radius 1 is 1.21 bits per heavy atom. The van der Waals surface area contributed by atoms with Crippen molar-refractivity contribution in [3.05, 3.63) is 28.2 Å². The van der Waals surface area contributed by atoms with Gasteiger partial charge in [-0.2, -0.15) is 0 Å². The highest BCUT2D eigenvalue weighted by molar-refractivity contribution is 9.10. The van der Waals surface area contributed by atoms with Crippen LogP contribution in [0.1, 0.15) is 31.2 Å².